The number of hydrogen-bond donors (Lipinski definition) is 0. The lowest BCUT2D eigenvalue weighted by Crippen LogP contribution is -2.11. The molecule has 216 valence electrons. The molecule has 0 aliphatic heterocycles. The van der Waals surface area contributed by atoms with Crippen LogP contribution in [0.5, 0.6) is 0 Å². The molecule has 9 aromatic rings. The number of rotatable bonds is 5. The van der Waals surface area contributed by atoms with Crippen LogP contribution in [0.4, 0.5) is 17.1 Å². The van der Waals surface area contributed by atoms with Gasteiger partial charge in [-0.25, -0.2) is 0 Å². The van der Waals surface area contributed by atoms with Crippen LogP contribution in [0.15, 0.2) is 180 Å². The van der Waals surface area contributed by atoms with E-state index in [9.17, 15) is 0 Å². The molecule has 2 heteroatoms. The topological polar surface area (TPSA) is 16.4 Å². The Labute approximate surface area is 267 Å². The summed E-state index contributed by atoms with van der Waals surface area (Å²) in [6.45, 7) is 0. The van der Waals surface area contributed by atoms with Crippen molar-refractivity contribution in [2.24, 2.45) is 0 Å². The predicted octanol–water partition coefficient (Wildman–Crippen LogP) is 12.7. The molecule has 0 atom stereocenters. The number of para-hydroxylation sites is 1. The van der Waals surface area contributed by atoms with Crippen molar-refractivity contribution in [3.63, 3.8) is 0 Å². The third-order valence-corrected chi connectivity index (χ3v) is 9.04. The zero-order valence-electron chi connectivity index (χ0n) is 25.1. The Balaban J connectivity index is 1.39. The van der Waals surface area contributed by atoms with Crippen LogP contribution in [0.2, 0.25) is 0 Å². The Morgan fingerprint density at radius 3 is 1.52 bits per heavy atom. The molecule has 46 heavy (non-hydrogen) atoms. The van der Waals surface area contributed by atoms with E-state index in [-0.39, 0.29) is 0 Å². The maximum absolute atomic E-state index is 6.83. The van der Waals surface area contributed by atoms with Crippen molar-refractivity contribution in [1.29, 1.82) is 0 Å². The molecule has 0 saturated heterocycles. The molecule has 0 aliphatic rings. The summed E-state index contributed by atoms with van der Waals surface area (Å²) in [4.78, 5) is 2.37. The normalized spacial score (nSPS) is 11.5. The summed E-state index contributed by atoms with van der Waals surface area (Å²) < 4.78 is 6.83. The Morgan fingerprint density at radius 2 is 0.848 bits per heavy atom. The van der Waals surface area contributed by atoms with Crippen molar-refractivity contribution in [1.82, 2.24) is 0 Å². The maximum atomic E-state index is 6.83. The van der Waals surface area contributed by atoms with Crippen LogP contribution < -0.4 is 4.90 Å². The number of anilines is 3. The minimum atomic E-state index is 0.881. The van der Waals surface area contributed by atoms with E-state index in [0.717, 1.165) is 55.5 Å². The SMILES string of the molecule is c1ccc(-c2ccc(N(c3ccccc3)c3ccc4oc5c6ccccc6c6ccccc6c5c4c3-c3ccccc3)cc2)cc1. The second-order valence-corrected chi connectivity index (χ2v) is 11.7. The van der Waals surface area contributed by atoms with Crippen molar-refractivity contribution in [3.8, 4) is 22.3 Å². The lowest BCUT2D eigenvalue weighted by atomic mass is 9.92. The molecule has 0 spiro atoms. The number of hydrogen-bond acceptors (Lipinski definition) is 2. The van der Waals surface area contributed by atoms with Crippen molar-refractivity contribution in [3.05, 3.63) is 176 Å². The Kier molecular flexibility index (Phi) is 6.17. The summed E-state index contributed by atoms with van der Waals surface area (Å²) in [5, 5.41) is 7.04. The third-order valence-electron chi connectivity index (χ3n) is 9.04. The van der Waals surface area contributed by atoms with Crippen LogP contribution in [-0.4, -0.2) is 0 Å². The Hall–Kier alpha value is -6.12. The summed E-state index contributed by atoms with van der Waals surface area (Å²) in [6, 6.07) is 62.5. The van der Waals surface area contributed by atoms with Gasteiger partial charge in [-0.1, -0.05) is 140 Å². The van der Waals surface area contributed by atoms with Crippen molar-refractivity contribution in [2.75, 3.05) is 4.90 Å². The summed E-state index contributed by atoms with van der Waals surface area (Å²) in [5.74, 6) is 0. The van der Waals surface area contributed by atoms with Crippen LogP contribution >= 0.6 is 0 Å². The zero-order valence-corrected chi connectivity index (χ0v) is 25.1. The highest BCUT2D eigenvalue weighted by Crippen LogP contribution is 2.49. The largest absolute Gasteiger partial charge is 0.455 e. The Bertz CT molecular complexity index is 2500. The van der Waals surface area contributed by atoms with Crippen LogP contribution in [0.1, 0.15) is 0 Å². The van der Waals surface area contributed by atoms with Gasteiger partial charge in [0.15, 0.2) is 0 Å². The first-order valence-electron chi connectivity index (χ1n) is 15.7. The van der Waals surface area contributed by atoms with E-state index in [1.165, 1.54) is 27.3 Å². The fourth-order valence-corrected chi connectivity index (χ4v) is 7.00. The molecule has 0 N–H and O–H groups in total. The first-order valence-corrected chi connectivity index (χ1v) is 15.7. The van der Waals surface area contributed by atoms with Crippen molar-refractivity contribution >= 4 is 60.5 Å². The van der Waals surface area contributed by atoms with E-state index in [4.69, 9.17) is 4.42 Å². The van der Waals surface area contributed by atoms with E-state index in [1.807, 2.05) is 0 Å². The van der Waals surface area contributed by atoms with Crippen molar-refractivity contribution < 1.29 is 4.42 Å². The zero-order chi connectivity index (χ0) is 30.5. The minimum absolute atomic E-state index is 0.881. The van der Waals surface area contributed by atoms with Gasteiger partial charge in [-0.2, -0.15) is 0 Å². The van der Waals surface area contributed by atoms with Gasteiger partial charge in [-0.3, -0.25) is 0 Å². The van der Waals surface area contributed by atoms with Crippen LogP contribution in [0.25, 0.3) is 65.7 Å². The lowest BCUT2D eigenvalue weighted by Gasteiger charge is -2.28. The van der Waals surface area contributed by atoms with Gasteiger partial charge in [0.2, 0.25) is 0 Å². The van der Waals surface area contributed by atoms with Crippen molar-refractivity contribution in [2.45, 2.75) is 0 Å². The van der Waals surface area contributed by atoms with Crippen LogP contribution in [-0.2, 0) is 0 Å². The second kappa shape index (κ2) is 10.8. The average molecular weight is 588 g/mol. The molecule has 0 saturated carbocycles. The highest BCUT2D eigenvalue weighted by atomic mass is 16.3. The van der Waals surface area contributed by atoms with E-state index in [0.29, 0.717) is 0 Å². The highest BCUT2D eigenvalue weighted by molar-refractivity contribution is 6.32. The van der Waals surface area contributed by atoms with E-state index >= 15 is 0 Å². The second-order valence-electron chi connectivity index (χ2n) is 11.7. The van der Waals surface area contributed by atoms with Gasteiger partial charge in [0, 0.05) is 33.1 Å². The van der Waals surface area contributed by atoms with Crippen LogP contribution in [0, 0.1) is 0 Å². The van der Waals surface area contributed by atoms with Gasteiger partial charge < -0.3 is 9.32 Å². The maximum Gasteiger partial charge on any atom is 0.143 e. The minimum Gasteiger partial charge on any atom is -0.455 e. The fourth-order valence-electron chi connectivity index (χ4n) is 7.00. The first-order chi connectivity index (χ1) is 22.8. The van der Waals surface area contributed by atoms with Gasteiger partial charge >= 0.3 is 0 Å². The fraction of sp³-hybridized carbons (Fsp3) is 0. The van der Waals surface area contributed by atoms with Gasteiger partial charge in [-0.15, -0.1) is 0 Å². The molecular formula is C44H29NO. The summed E-state index contributed by atoms with van der Waals surface area (Å²) in [5.41, 5.74) is 9.77. The highest BCUT2D eigenvalue weighted by Gasteiger charge is 2.24. The monoisotopic (exact) mass is 587 g/mol. The van der Waals surface area contributed by atoms with Crippen LogP contribution in [0.3, 0.4) is 0 Å². The molecule has 1 heterocycles. The lowest BCUT2D eigenvalue weighted by molar-refractivity contribution is 0.673. The molecule has 0 aliphatic carbocycles. The quantitative estimate of drug-likeness (QED) is 0.186. The average Bonchev–Trinajstić information content (AvgIpc) is 3.54. The summed E-state index contributed by atoms with van der Waals surface area (Å²) in [6.07, 6.45) is 0. The van der Waals surface area contributed by atoms with Gasteiger partial charge in [-0.05, 0) is 69.2 Å². The summed E-state index contributed by atoms with van der Waals surface area (Å²) in [7, 11) is 0. The standard InChI is InChI=1S/C44H29NO/c1-4-14-30(15-5-1)31-24-26-34(27-25-31)45(33-18-8-3-9-19-33)39-28-29-40-43(41(39)32-16-6-2-7-17-32)42-37-22-12-10-20-35(37)36-21-11-13-23-38(36)44(42)46-40/h1-29H. The number of benzene rings is 8. The number of nitrogens with zero attached hydrogens (tertiary/aromatic N) is 1. The molecule has 0 fully saturated rings. The number of furan rings is 1. The Morgan fingerprint density at radius 1 is 0.348 bits per heavy atom. The van der Waals surface area contributed by atoms with Gasteiger partial charge in [0.1, 0.15) is 11.2 Å². The molecule has 2 nitrogen and oxygen atoms in total. The molecular weight excluding hydrogens is 558 g/mol. The smallest absolute Gasteiger partial charge is 0.143 e. The van der Waals surface area contributed by atoms with E-state index in [2.05, 4.69) is 181 Å². The molecule has 8 aromatic carbocycles. The molecule has 0 bridgehead atoms. The number of fused-ring (bicyclic) bond motifs is 8. The third kappa shape index (κ3) is 4.19. The molecule has 0 radical (unpaired) electrons. The molecule has 0 amide bonds. The van der Waals surface area contributed by atoms with Gasteiger partial charge in [0.05, 0.1) is 5.69 Å². The summed E-state index contributed by atoms with van der Waals surface area (Å²) >= 11 is 0. The van der Waals surface area contributed by atoms with E-state index in [1.54, 1.807) is 0 Å². The molecule has 9 rings (SSSR count). The molecule has 1 aromatic heterocycles. The van der Waals surface area contributed by atoms with Gasteiger partial charge in [0.25, 0.3) is 0 Å². The predicted molar refractivity (Wildman–Crippen MR) is 194 cm³/mol. The molecule has 0 unspecified atom stereocenters. The first kappa shape index (κ1) is 26.3. The van der Waals surface area contributed by atoms with E-state index < -0.39 is 0 Å².